The van der Waals surface area contributed by atoms with E-state index in [-0.39, 0.29) is 0 Å². The van der Waals surface area contributed by atoms with Crippen molar-refractivity contribution in [1.29, 1.82) is 0 Å². The molecule has 1 aliphatic carbocycles. The minimum absolute atomic E-state index is 0.452. The van der Waals surface area contributed by atoms with Crippen LogP contribution < -0.4 is 0 Å². The maximum Gasteiger partial charge on any atom is 0.124 e. The van der Waals surface area contributed by atoms with E-state index in [1.54, 1.807) is 0 Å². The topological polar surface area (TPSA) is 17.8 Å². The lowest BCUT2D eigenvalue weighted by Crippen LogP contribution is -2.22. The fourth-order valence-corrected chi connectivity index (χ4v) is 3.72. The van der Waals surface area contributed by atoms with Crippen LogP contribution in [0.25, 0.3) is 11.0 Å². The molecule has 2 nitrogen and oxygen atoms in total. The summed E-state index contributed by atoms with van der Waals surface area (Å²) in [5.41, 5.74) is 2.11. The normalized spacial score (nSPS) is 23.4. The number of nitrogens with zero attached hydrogens (tertiary/aromatic N) is 2. The predicted molar refractivity (Wildman–Crippen MR) is 85.4 cm³/mol. The SMILES string of the molecule is CC1CCCCC1Cn1c(CCl)nc2ccc(Cl)cc21. The number of alkyl halides is 1. The Morgan fingerprint density at radius 2 is 2.10 bits per heavy atom. The summed E-state index contributed by atoms with van der Waals surface area (Å²) in [6.07, 6.45) is 5.37. The van der Waals surface area contributed by atoms with Gasteiger partial charge in [-0.2, -0.15) is 0 Å². The zero-order valence-electron chi connectivity index (χ0n) is 11.8. The van der Waals surface area contributed by atoms with Crippen LogP contribution in [0, 0.1) is 11.8 Å². The zero-order valence-corrected chi connectivity index (χ0v) is 13.3. The fourth-order valence-electron chi connectivity index (χ4n) is 3.35. The number of hydrogen-bond donors (Lipinski definition) is 0. The Hall–Kier alpha value is -0.730. The highest BCUT2D eigenvalue weighted by Crippen LogP contribution is 2.32. The van der Waals surface area contributed by atoms with E-state index in [1.165, 1.54) is 25.7 Å². The minimum atomic E-state index is 0.452. The molecule has 1 fully saturated rings. The first-order valence-corrected chi connectivity index (χ1v) is 8.31. The minimum Gasteiger partial charge on any atom is -0.327 e. The van der Waals surface area contributed by atoms with Gasteiger partial charge < -0.3 is 4.57 Å². The van der Waals surface area contributed by atoms with Gasteiger partial charge in [-0.05, 0) is 36.5 Å². The Balaban J connectivity index is 1.98. The van der Waals surface area contributed by atoms with E-state index in [0.29, 0.717) is 5.88 Å². The Morgan fingerprint density at radius 1 is 1.30 bits per heavy atom. The van der Waals surface area contributed by atoms with E-state index < -0.39 is 0 Å². The molecule has 4 heteroatoms. The van der Waals surface area contributed by atoms with Crippen molar-refractivity contribution in [3.8, 4) is 0 Å². The number of halogens is 2. The summed E-state index contributed by atoms with van der Waals surface area (Å²) in [4.78, 5) is 4.64. The Kier molecular flexibility index (Phi) is 4.23. The number of benzene rings is 1. The summed E-state index contributed by atoms with van der Waals surface area (Å²) < 4.78 is 2.28. The maximum atomic E-state index is 6.14. The van der Waals surface area contributed by atoms with Gasteiger partial charge in [-0.1, -0.05) is 37.8 Å². The van der Waals surface area contributed by atoms with Gasteiger partial charge in [0, 0.05) is 11.6 Å². The lowest BCUT2D eigenvalue weighted by molar-refractivity contribution is 0.229. The third-order valence-corrected chi connectivity index (χ3v) is 5.09. The Morgan fingerprint density at radius 3 is 2.85 bits per heavy atom. The summed E-state index contributed by atoms with van der Waals surface area (Å²) in [6, 6.07) is 5.88. The van der Waals surface area contributed by atoms with Crippen molar-refractivity contribution < 1.29 is 0 Å². The molecule has 2 unspecified atom stereocenters. The molecule has 3 rings (SSSR count). The Labute approximate surface area is 130 Å². The summed E-state index contributed by atoms with van der Waals surface area (Å²) in [7, 11) is 0. The van der Waals surface area contributed by atoms with Gasteiger partial charge >= 0.3 is 0 Å². The molecule has 0 N–H and O–H groups in total. The van der Waals surface area contributed by atoms with Crippen LogP contribution in [-0.4, -0.2) is 9.55 Å². The number of rotatable bonds is 3. The molecule has 1 aliphatic rings. The fraction of sp³-hybridized carbons (Fsp3) is 0.562. The van der Waals surface area contributed by atoms with E-state index in [2.05, 4.69) is 16.5 Å². The molecule has 0 spiro atoms. The molecule has 1 aromatic heterocycles. The van der Waals surface area contributed by atoms with Crippen molar-refractivity contribution in [2.24, 2.45) is 11.8 Å². The highest BCUT2D eigenvalue weighted by atomic mass is 35.5. The number of hydrogen-bond acceptors (Lipinski definition) is 1. The van der Waals surface area contributed by atoms with Crippen LogP contribution in [0.3, 0.4) is 0 Å². The van der Waals surface area contributed by atoms with Gasteiger partial charge in [-0.25, -0.2) is 4.98 Å². The predicted octanol–water partition coefficient (Wildman–Crippen LogP) is 5.25. The van der Waals surface area contributed by atoms with Crippen molar-refractivity contribution in [3.63, 3.8) is 0 Å². The lowest BCUT2D eigenvalue weighted by Gasteiger charge is -2.29. The average molecular weight is 311 g/mol. The van der Waals surface area contributed by atoms with Crippen molar-refractivity contribution in [1.82, 2.24) is 9.55 Å². The van der Waals surface area contributed by atoms with Crippen LogP contribution in [0.15, 0.2) is 18.2 Å². The van der Waals surface area contributed by atoms with E-state index in [0.717, 1.165) is 40.3 Å². The van der Waals surface area contributed by atoms with E-state index in [9.17, 15) is 0 Å². The summed E-state index contributed by atoms with van der Waals surface area (Å²) in [5, 5.41) is 0.761. The van der Waals surface area contributed by atoms with E-state index in [1.807, 2.05) is 18.2 Å². The molecule has 1 saturated carbocycles. The van der Waals surface area contributed by atoms with Crippen LogP contribution in [-0.2, 0) is 12.4 Å². The molecular weight excluding hydrogens is 291 g/mol. The maximum absolute atomic E-state index is 6.14. The van der Waals surface area contributed by atoms with Gasteiger partial charge in [-0.3, -0.25) is 0 Å². The second-order valence-corrected chi connectivity index (χ2v) is 6.63. The number of aromatic nitrogens is 2. The highest BCUT2D eigenvalue weighted by molar-refractivity contribution is 6.31. The quantitative estimate of drug-likeness (QED) is 0.707. The molecule has 0 aliphatic heterocycles. The van der Waals surface area contributed by atoms with Crippen molar-refractivity contribution >= 4 is 34.2 Å². The molecule has 2 aromatic rings. The zero-order chi connectivity index (χ0) is 14.1. The second kappa shape index (κ2) is 5.95. The van der Waals surface area contributed by atoms with Gasteiger partial charge in [0.25, 0.3) is 0 Å². The number of imidazole rings is 1. The Bertz CT molecular complexity index is 606. The standard InChI is InChI=1S/C16H20Cl2N2/c1-11-4-2-3-5-12(11)10-20-15-8-13(18)6-7-14(15)19-16(20)9-17/h6-8,11-12H,2-5,9-10H2,1H3. The summed E-state index contributed by atoms with van der Waals surface area (Å²) in [6.45, 7) is 3.39. The van der Waals surface area contributed by atoms with Crippen molar-refractivity contribution in [2.75, 3.05) is 0 Å². The first-order chi connectivity index (χ1) is 9.69. The van der Waals surface area contributed by atoms with Crippen LogP contribution in [0.5, 0.6) is 0 Å². The molecule has 1 heterocycles. The van der Waals surface area contributed by atoms with Gasteiger partial charge in [0.2, 0.25) is 0 Å². The van der Waals surface area contributed by atoms with E-state index in [4.69, 9.17) is 23.2 Å². The third-order valence-electron chi connectivity index (χ3n) is 4.62. The monoisotopic (exact) mass is 310 g/mol. The van der Waals surface area contributed by atoms with Crippen LogP contribution in [0.2, 0.25) is 5.02 Å². The summed E-state index contributed by atoms with van der Waals surface area (Å²) in [5.74, 6) is 2.92. The number of fused-ring (bicyclic) bond motifs is 1. The summed E-state index contributed by atoms with van der Waals surface area (Å²) >= 11 is 12.2. The van der Waals surface area contributed by atoms with Crippen LogP contribution in [0.1, 0.15) is 38.4 Å². The highest BCUT2D eigenvalue weighted by Gasteiger charge is 2.23. The molecule has 1 aromatic carbocycles. The molecule has 108 valence electrons. The average Bonchev–Trinajstić information content (AvgIpc) is 2.79. The second-order valence-electron chi connectivity index (χ2n) is 5.93. The lowest BCUT2D eigenvalue weighted by atomic mass is 9.80. The van der Waals surface area contributed by atoms with Crippen molar-refractivity contribution in [2.45, 2.75) is 45.0 Å². The molecule has 0 amide bonds. The molecule has 2 atom stereocenters. The molecule has 20 heavy (non-hydrogen) atoms. The van der Waals surface area contributed by atoms with Gasteiger partial charge in [-0.15, -0.1) is 11.6 Å². The largest absolute Gasteiger partial charge is 0.327 e. The van der Waals surface area contributed by atoms with Gasteiger partial charge in [0.05, 0.1) is 16.9 Å². The third kappa shape index (κ3) is 2.68. The molecule has 0 bridgehead atoms. The van der Waals surface area contributed by atoms with Gasteiger partial charge in [0.15, 0.2) is 0 Å². The van der Waals surface area contributed by atoms with Crippen LogP contribution >= 0.6 is 23.2 Å². The molecular formula is C16H20Cl2N2. The van der Waals surface area contributed by atoms with E-state index >= 15 is 0 Å². The van der Waals surface area contributed by atoms with Crippen molar-refractivity contribution in [3.05, 3.63) is 29.0 Å². The smallest absolute Gasteiger partial charge is 0.124 e. The van der Waals surface area contributed by atoms with Crippen LogP contribution in [0.4, 0.5) is 0 Å². The molecule has 0 saturated heterocycles. The first-order valence-electron chi connectivity index (χ1n) is 7.39. The van der Waals surface area contributed by atoms with Gasteiger partial charge in [0.1, 0.15) is 5.82 Å². The molecule has 0 radical (unpaired) electrons. The first kappa shape index (κ1) is 14.2.